The molecule has 0 bridgehead atoms. The van der Waals surface area contributed by atoms with E-state index in [9.17, 15) is 9.59 Å². The van der Waals surface area contributed by atoms with Crippen LogP contribution in [-0.4, -0.2) is 23.9 Å². The maximum atomic E-state index is 12.0. The van der Waals surface area contributed by atoms with E-state index in [1.807, 2.05) is 27.7 Å². The Kier molecular flexibility index (Phi) is 4.94. The quantitative estimate of drug-likeness (QED) is 0.789. The van der Waals surface area contributed by atoms with E-state index in [-0.39, 0.29) is 23.9 Å². The number of thiophene rings is 1. The van der Waals surface area contributed by atoms with Crippen LogP contribution < -0.4 is 16.4 Å². The van der Waals surface area contributed by atoms with Gasteiger partial charge in [0.15, 0.2) is 0 Å². The van der Waals surface area contributed by atoms with Gasteiger partial charge in [-0.25, -0.2) is 0 Å². The molecule has 5 nitrogen and oxygen atoms in total. The third kappa shape index (κ3) is 3.70. The molecule has 2 amide bonds. The summed E-state index contributed by atoms with van der Waals surface area (Å²) >= 11 is 1.15. The highest BCUT2D eigenvalue weighted by atomic mass is 32.1. The topological polar surface area (TPSA) is 84.2 Å². The first-order valence-electron chi connectivity index (χ1n) is 6.24. The molecule has 0 saturated heterocycles. The van der Waals surface area contributed by atoms with Gasteiger partial charge in [-0.3, -0.25) is 9.59 Å². The zero-order valence-electron chi connectivity index (χ0n) is 12.0. The Morgan fingerprint density at radius 3 is 2.00 bits per heavy atom. The molecule has 1 heterocycles. The van der Waals surface area contributed by atoms with Crippen LogP contribution in [-0.2, 0) is 0 Å². The maximum Gasteiger partial charge on any atom is 0.261 e. The van der Waals surface area contributed by atoms with E-state index >= 15 is 0 Å². The molecule has 0 aliphatic heterocycles. The fraction of sp³-hybridized carbons (Fsp3) is 0.538. The molecule has 1 aromatic rings. The lowest BCUT2D eigenvalue weighted by molar-refractivity contribution is 0.0942. The largest absolute Gasteiger partial charge is 0.390 e. The summed E-state index contributed by atoms with van der Waals surface area (Å²) in [6.07, 6.45) is 0. The third-order valence-electron chi connectivity index (χ3n) is 2.45. The Labute approximate surface area is 117 Å². The van der Waals surface area contributed by atoms with E-state index in [2.05, 4.69) is 10.6 Å². The number of carbonyl (C=O) groups is 2. The summed E-state index contributed by atoms with van der Waals surface area (Å²) in [6, 6.07) is 0.0716. The summed E-state index contributed by atoms with van der Waals surface area (Å²) in [6.45, 7) is 9.27. The lowest BCUT2D eigenvalue weighted by Gasteiger charge is -2.09. The average molecular weight is 283 g/mol. The molecule has 1 aromatic heterocycles. The van der Waals surface area contributed by atoms with Gasteiger partial charge in [0.05, 0.1) is 15.4 Å². The van der Waals surface area contributed by atoms with Crippen molar-refractivity contribution in [2.24, 2.45) is 0 Å². The predicted molar refractivity (Wildman–Crippen MR) is 78.7 cm³/mol. The molecule has 0 spiro atoms. The standard InChI is InChI=1S/C13H21N3O2S/c1-6(2)15-12(17)9-8(5)10(19-11(9)14)13(18)16-7(3)4/h6-7H,14H2,1-5H3,(H,15,17)(H,16,18). The van der Waals surface area contributed by atoms with Crippen LogP contribution >= 0.6 is 11.3 Å². The van der Waals surface area contributed by atoms with Crippen LogP contribution in [0, 0.1) is 6.92 Å². The number of nitrogens with two attached hydrogens (primary N) is 1. The SMILES string of the molecule is Cc1c(C(=O)NC(C)C)sc(N)c1C(=O)NC(C)C. The highest BCUT2D eigenvalue weighted by Crippen LogP contribution is 2.30. The second kappa shape index (κ2) is 6.06. The van der Waals surface area contributed by atoms with E-state index in [0.29, 0.717) is 21.0 Å². The normalized spacial score (nSPS) is 10.9. The van der Waals surface area contributed by atoms with E-state index in [1.165, 1.54) is 0 Å². The molecule has 1 rings (SSSR count). The number of hydrogen-bond donors (Lipinski definition) is 3. The fourth-order valence-corrected chi connectivity index (χ4v) is 2.67. The zero-order valence-corrected chi connectivity index (χ0v) is 12.8. The Morgan fingerprint density at radius 2 is 1.53 bits per heavy atom. The molecule has 19 heavy (non-hydrogen) atoms. The van der Waals surface area contributed by atoms with Crippen molar-refractivity contribution >= 4 is 28.2 Å². The van der Waals surface area contributed by atoms with Crippen molar-refractivity contribution in [1.29, 1.82) is 0 Å². The molecule has 0 aliphatic rings. The fourth-order valence-electron chi connectivity index (χ4n) is 1.70. The van der Waals surface area contributed by atoms with Gasteiger partial charge in [-0.2, -0.15) is 0 Å². The van der Waals surface area contributed by atoms with Crippen molar-refractivity contribution in [2.75, 3.05) is 5.73 Å². The Bertz CT molecular complexity index is 492. The molecule has 6 heteroatoms. The summed E-state index contributed by atoms with van der Waals surface area (Å²) in [4.78, 5) is 24.5. The number of rotatable bonds is 4. The van der Waals surface area contributed by atoms with Gasteiger partial charge in [-0.05, 0) is 40.2 Å². The predicted octanol–water partition coefficient (Wildman–Crippen LogP) is 1.92. The summed E-state index contributed by atoms with van der Waals surface area (Å²) in [5, 5.41) is 5.97. The van der Waals surface area contributed by atoms with E-state index in [4.69, 9.17) is 5.73 Å². The Balaban J connectivity index is 3.07. The van der Waals surface area contributed by atoms with Gasteiger partial charge in [0.25, 0.3) is 11.8 Å². The molecule has 0 saturated carbocycles. The number of nitrogens with one attached hydrogen (secondary N) is 2. The van der Waals surface area contributed by atoms with Crippen LogP contribution in [0.3, 0.4) is 0 Å². The zero-order chi connectivity index (χ0) is 14.7. The van der Waals surface area contributed by atoms with Crippen LogP contribution in [0.15, 0.2) is 0 Å². The lowest BCUT2D eigenvalue weighted by atomic mass is 10.1. The van der Waals surface area contributed by atoms with Gasteiger partial charge < -0.3 is 16.4 Å². The number of amides is 2. The first-order chi connectivity index (χ1) is 8.73. The Hall–Kier alpha value is -1.56. The maximum absolute atomic E-state index is 12.0. The van der Waals surface area contributed by atoms with Crippen LogP contribution in [0.2, 0.25) is 0 Å². The van der Waals surface area contributed by atoms with Gasteiger partial charge in [-0.1, -0.05) is 0 Å². The molecule has 0 radical (unpaired) electrons. The van der Waals surface area contributed by atoms with Gasteiger partial charge in [0.1, 0.15) is 0 Å². The van der Waals surface area contributed by atoms with Gasteiger partial charge in [-0.15, -0.1) is 11.3 Å². The highest BCUT2D eigenvalue weighted by Gasteiger charge is 2.23. The van der Waals surface area contributed by atoms with Crippen LogP contribution in [0.5, 0.6) is 0 Å². The van der Waals surface area contributed by atoms with Crippen LogP contribution in [0.1, 0.15) is 53.3 Å². The van der Waals surface area contributed by atoms with Gasteiger partial charge in [0.2, 0.25) is 0 Å². The molecule has 0 aromatic carbocycles. The van der Waals surface area contributed by atoms with Crippen molar-refractivity contribution < 1.29 is 9.59 Å². The first-order valence-corrected chi connectivity index (χ1v) is 7.06. The van der Waals surface area contributed by atoms with E-state index in [0.717, 1.165) is 11.3 Å². The molecule has 0 fully saturated rings. The number of carbonyl (C=O) groups excluding carboxylic acids is 2. The number of anilines is 1. The van der Waals surface area contributed by atoms with Crippen molar-refractivity contribution in [2.45, 2.75) is 46.7 Å². The number of hydrogen-bond acceptors (Lipinski definition) is 4. The first kappa shape index (κ1) is 15.5. The lowest BCUT2D eigenvalue weighted by Crippen LogP contribution is -2.31. The van der Waals surface area contributed by atoms with Crippen LogP contribution in [0.4, 0.5) is 5.00 Å². The monoisotopic (exact) mass is 283 g/mol. The molecular formula is C13H21N3O2S. The second-order valence-corrected chi connectivity index (χ2v) is 6.10. The highest BCUT2D eigenvalue weighted by molar-refractivity contribution is 7.18. The third-order valence-corrected chi connectivity index (χ3v) is 3.57. The molecule has 0 atom stereocenters. The van der Waals surface area contributed by atoms with Crippen molar-refractivity contribution in [3.8, 4) is 0 Å². The van der Waals surface area contributed by atoms with Crippen LogP contribution in [0.25, 0.3) is 0 Å². The van der Waals surface area contributed by atoms with E-state index < -0.39 is 0 Å². The van der Waals surface area contributed by atoms with Crippen molar-refractivity contribution in [3.05, 3.63) is 16.0 Å². The van der Waals surface area contributed by atoms with Gasteiger partial charge in [0, 0.05) is 12.1 Å². The molecule has 4 N–H and O–H groups in total. The molecular weight excluding hydrogens is 262 g/mol. The van der Waals surface area contributed by atoms with E-state index in [1.54, 1.807) is 6.92 Å². The van der Waals surface area contributed by atoms with Gasteiger partial charge >= 0.3 is 0 Å². The minimum atomic E-state index is -0.232. The number of nitrogen functional groups attached to an aromatic ring is 1. The van der Waals surface area contributed by atoms with Crippen molar-refractivity contribution in [1.82, 2.24) is 10.6 Å². The second-order valence-electron chi connectivity index (χ2n) is 5.05. The molecule has 0 unspecified atom stereocenters. The summed E-state index contributed by atoms with van der Waals surface area (Å²) in [7, 11) is 0. The summed E-state index contributed by atoms with van der Waals surface area (Å²) in [5.41, 5.74) is 6.91. The minimum absolute atomic E-state index is 0.0270. The Morgan fingerprint density at radius 1 is 1.05 bits per heavy atom. The smallest absolute Gasteiger partial charge is 0.261 e. The molecule has 106 valence electrons. The minimum Gasteiger partial charge on any atom is -0.390 e. The summed E-state index contributed by atoms with van der Waals surface area (Å²) < 4.78 is 0. The summed E-state index contributed by atoms with van der Waals surface area (Å²) in [5.74, 6) is -0.419. The average Bonchev–Trinajstić information content (AvgIpc) is 2.52. The van der Waals surface area contributed by atoms with Crippen molar-refractivity contribution in [3.63, 3.8) is 0 Å². The molecule has 0 aliphatic carbocycles.